The molecule has 2 atom stereocenters. The smallest absolute Gasteiger partial charge is 0.326 e. The number of rotatable bonds is 5. The maximum atomic E-state index is 15.0. The van der Waals surface area contributed by atoms with E-state index in [0.29, 0.717) is 54.4 Å². The van der Waals surface area contributed by atoms with Gasteiger partial charge in [-0.05, 0) is 79.3 Å². The molecule has 0 unspecified atom stereocenters. The van der Waals surface area contributed by atoms with Gasteiger partial charge >= 0.3 is 6.03 Å². The number of urea groups is 1. The Labute approximate surface area is 276 Å². The summed E-state index contributed by atoms with van der Waals surface area (Å²) in [6.45, 7) is 16.4. The molecule has 45 heavy (non-hydrogen) atoms. The largest absolute Gasteiger partial charge is 0.493 e. The van der Waals surface area contributed by atoms with E-state index in [2.05, 4.69) is 46.8 Å². The number of amides is 3. The van der Waals surface area contributed by atoms with E-state index >= 15 is 0 Å². The van der Waals surface area contributed by atoms with Gasteiger partial charge in [0.1, 0.15) is 22.7 Å². The van der Waals surface area contributed by atoms with E-state index in [1.165, 1.54) is 0 Å². The van der Waals surface area contributed by atoms with Crippen LogP contribution in [-0.4, -0.2) is 65.3 Å². The molecular formula is C36H42Cl2N4O3. The van der Waals surface area contributed by atoms with E-state index in [0.717, 1.165) is 22.3 Å². The molecule has 3 amide bonds. The molecule has 9 heteroatoms. The molecule has 0 radical (unpaired) electrons. The molecule has 0 bridgehead atoms. The van der Waals surface area contributed by atoms with E-state index in [1.807, 2.05) is 71.3 Å². The number of piperazine rings is 1. The summed E-state index contributed by atoms with van der Waals surface area (Å²) in [6.07, 6.45) is 0. The molecule has 0 aromatic heterocycles. The first-order chi connectivity index (χ1) is 21.2. The Morgan fingerprint density at radius 1 is 0.844 bits per heavy atom. The number of hydrogen-bond donors (Lipinski definition) is 0. The third-order valence-corrected chi connectivity index (χ3v) is 9.83. The maximum absolute atomic E-state index is 15.0. The van der Waals surface area contributed by atoms with Crippen LogP contribution in [0.5, 0.6) is 5.75 Å². The van der Waals surface area contributed by atoms with E-state index in [4.69, 9.17) is 32.9 Å². The molecule has 238 valence electrons. The predicted molar refractivity (Wildman–Crippen MR) is 182 cm³/mol. The fraction of sp³-hybridized carbons (Fsp3) is 0.417. The molecule has 1 fully saturated rings. The van der Waals surface area contributed by atoms with Crippen molar-refractivity contribution in [1.29, 1.82) is 0 Å². The lowest BCUT2D eigenvalue weighted by Crippen LogP contribution is -2.61. The summed E-state index contributed by atoms with van der Waals surface area (Å²) in [7, 11) is 0. The molecule has 2 aliphatic heterocycles. The summed E-state index contributed by atoms with van der Waals surface area (Å²) in [5.41, 5.74) is 1.59. The van der Waals surface area contributed by atoms with Gasteiger partial charge in [-0.25, -0.2) is 4.79 Å². The van der Waals surface area contributed by atoms with Crippen LogP contribution in [-0.2, 0) is 21.3 Å². The number of halogens is 2. The van der Waals surface area contributed by atoms with Crippen molar-refractivity contribution in [2.75, 3.05) is 32.8 Å². The number of carbonyl (C=O) groups excluding carboxylic acids is 2. The second kappa shape index (κ2) is 12.3. The number of benzene rings is 3. The van der Waals surface area contributed by atoms with Gasteiger partial charge in [-0.15, -0.1) is 0 Å². The third kappa shape index (κ3) is 5.93. The number of nitrogens with zero attached hydrogens (tertiary/aromatic N) is 4. The first-order valence-corrected chi connectivity index (χ1v) is 16.2. The van der Waals surface area contributed by atoms with E-state index in [1.54, 1.807) is 11.8 Å². The summed E-state index contributed by atoms with van der Waals surface area (Å²) in [4.78, 5) is 38.0. The molecule has 0 saturated carbocycles. The zero-order chi connectivity index (χ0) is 32.7. The quantitative estimate of drug-likeness (QED) is 0.283. The maximum Gasteiger partial charge on any atom is 0.326 e. The van der Waals surface area contributed by atoms with Crippen LogP contribution in [0, 0.1) is 0 Å². The number of carbonyl (C=O) groups is 2. The van der Waals surface area contributed by atoms with Crippen molar-refractivity contribution < 1.29 is 14.3 Å². The third-order valence-electron chi connectivity index (χ3n) is 9.32. The normalized spacial score (nSPS) is 22.0. The number of hydrogen-bond acceptors (Lipinski definition) is 4. The standard InChI is InChI=1S/C36H42Cl2N4O3/c1-8-45-31-23-27(34(3,4)5)13-18-30(31)32-39-35(6,25-9-14-28(37)15-10-25)36(7,26-11-16-29(38)17-12-26)42(32)33(44)41-21-19-40(20-22-41)24(2)43/h9-18,23H,8,19-22H2,1-7H3/t35-,36+/m0/s1. The Balaban J connectivity index is 1.76. The van der Waals surface area contributed by atoms with Crippen molar-refractivity contribution in [2.45, 2.75) is 65.0 Å². The summed E-state index contributed by atoms with van der Waals surface area (Å²) in [6, 6.07) is 21.3. The van der Waals surface area contributed by atoms with Gasteiger partial charge in [0, 0.05) is 43.1 Å². The summed E-state index contributed by atoms with van der Waals surface area (Å²) >= 11 is 12.7. The Morgan fingerprint density at radius 3 is 1.89 bits per heavy atom. The van der Waals surface area contributed by atoms with E-state index in [9.17, 15) is 9.59 Å². The Bertz CT molecular complexity index is 1610. The highest BCUT2D eigenvalue weighted by molar-refractivity contribution is 6.30. The fourth-order valence-electron chi connectivity index (χ4n) is 6.37. The van der Waals surface area contributed by atoms with Crippen molar-refractivity contribution in [3.05, 3.63) is 99.0 Å². The molecule has 3 aromatic rings. The minimum atomic E-state index is -0.998. The van der Waals surface area contributed by atoms with Gasteiger partial charge in [0.05, 0.1) is 12.2 Å². The zero-order valence-electron chi connectivity index (χ0n) is 27.2. The Hall–Kier alpha value is -3.55. The van der Waals surface area contributed by atoms with Crippen LogP contribution >= 0.6 is 23.2 Å². The minimum Gasteiger partial charge on any atom is -0.493 e. The zero-order valence-corrected chi connectivity index (χ0v) is 28.7. The van der Waals surface area contributed by atoms with E-state index < -0.39 is 11.1 Å². The molecule has 7 nitrogen and oxygen atoms in total. The lowest BCUT2D eigenvalue weighted by molar-refractivity contribution is -0.130. The Kier molecular flexibility index (Phi) is 9.00. The minimum absolute atomic E-state index is 0.00660. The molecule has 2 heterocycles. The van der Waals surface area contributed by atoms with Crippen molar-refractivity contribution in [1.82, 2.24) is 14.7 Å². The molecule has 0 aliphatic carbocycles. The van der Waals surface area contributed by atoms with Gasteiger partial charge < -0.3 is 14.5 Å². The number of aliphatic imine (C=N–C) groups is 1. The van der Waals surface area contributed by atoms with Crippen molar-refractivity contribution in [2.24, 2.45) is 4.99 Å². The SMILES string of the molecule is CCOc1cc(C(C)(C)C)ccc1C1=N[C@@](C)(c2ccc(Cl)cc2)[C@@](C)(c2ccc(Cl)cc2)N1C(=O)N1CCN(C(C)=O)CC1. The van der Waals surface area contributed by atoms with Crippen LogP contribution < -0.4 is 4.74 Å². The molecule has 5 rings (SSSR count). The molecule has 2 aliphatic rings. The van der Waals surface area contributed by atoms with Crippen LogP contribution in [0.2, 0.25) is 10.0 Å². The number of ether oxygens (including phenoxy) is 1. The number of amidine groups is 1. The molecule has 0 N–H and O–H groups in total. The van der Waals surface area contributed by atoms with Gasteiger partial charge in [0.25, 0.3) is 0 Å². The van der Waals surface area contributed by atoms with Gasteiger partial charge in [0.2, 0.25) is 5.91 Å². The second-order valence-electron chi connectivity index (χ2n) is 13.1. The highest BCUT2D eigenvalue weighted by Crippen LogP contribution is 2.54. The highest BCUT2D eigenvalue weighted by Gasteiger charge is 2.60. The van der Waals surface area contributed by atoms with Gasteiger partial charge in [-0.2, -0.15) is 0 Å². The molecule has 3 aromatic carbocycles. The first-order valence-electron chi connectivity index (χ1n) is 15.4. The fourth-order valence-corrected chi connectivity index (χ4v) is 6.62. The van der Waals surface area contributed by atoms with Gasteiger partial charge in [-0.3, -0.25) is 14.7 Å². The van der Waals surface area contributed by atoms with Crippen molar-refractivity contribution >= 4 is 41.0 Å². The Morgan fingerprint density at radius 2 is 1.38 bits per heavy atom. The van der Waals surface area contributed by atoms with Crippen LogP contribution in [0.15, 0.2) is 71.7 Å². The summed E-state index contributed by atoms with van der Waals surface area (Å²) < 4.78 is 6.27. The first kappa shape index (κ1) is 32.8. The van der Waals surface area contributed by atoms with Crippen LogP contribution in [0.25, 0.3) is 0 Å². The van der Waals surface area contributed by atoms with Crippen LogP contribution in [0.4, 0.5) is 4.79 Å². The topological polar surface area (TPSA) is 65.5 Å². The average molecular weight is 650 g/mol. The molecule has 0 spiro atoms. The second-order valence-corrected chi connectivity index (χ2v) is 14.0. The van der Waals surface area contributed by atoms with E-state index in [-0.39, 0.29) is 17.4 Å². The molecular weight excluding hydrogens is 607 g/mol. The summed E-state index contributed by atoms with van der Waals surface area (Å²) in [5, 5.41) is 1.22. The van der Waals surface area contributed by atoms with Gasteiger partial charge in [0.15, 0.2) is 0 Å². The average Bonchev–Trinajstić information content (AvgIpc) is 3.25. The highest BCUT2D eigenvalue weighted by atomic mass is 35.5. The van der Waals surface area contributed by atoms with Gasteiger partial charge in [-0.1, -0.05) is 74.3 Å². The van der Waals surface area contributed by atoms with Crippen LogP contribution in [0.3, 0.4) is 0 Å². The summed E-state index contributed by atoms with van der Waals surface area (Å²) in [5.74, 6) is 1.20. The lowest BCUT2D eigenvalue weighted by atomic mass is 9.71. The lowest BCUT2D eigenvalue weighted by Gasteiger charge is -2.47. The monoisotopic (exact) mass is 648 g/mol. The van der Waals surface area contributed by atoms with Crippen molar-refractivity contribution in [3.8, 4) is 5.75 Å². The molecule has 1 saturated heterocycles. The van der Waals surface area contributed by atoms with Crippen molar-refractivity contribution in [3.63, 3.8) is 0 Å². The predicted octanol–water partition coefficient (Wildman–Crippen LogP) is 7.87. The van der Waals surface area contributed by atoms with Crippen LogP contribution in [0.1, 0.15) is 70.7 Å².